The maximum atomic E-state index is 12.0. The lowest BCUT2D eigenvalue weighted by Gasteiger charge is -2.28. The van der Waals surface area contributed by atoms with E-state index in [2.05, 4.69) is 6.92 Å². The van der Waals surface area contributed by atoms with Gasteiger partial charge in [-0.05, 0) is 6.42 Å². The fourth-order valence-corrected chi connectivity index (χ4v) is 4.19. The number of esters is 1. The van der Waals surface area contributed by atoms with E-state index in [1.54, 1.807) is 0 Å². The van der Waals surface area contributed by atoms with Gasteiger partial charge in [0.1, 0.15) is 18.3 Å². The molecule has 4 atom stereocenters. The van der Waals surface area contributed by atoms with Crippen LogP contribution in [-0.2, 0) is 9.53 Å². The number of unbranched alkanes of at least 4 members (excludes halogenated alkanes) is 17. The molecule has 0 spiro atoms. The standard InChI is InChI=1S/C27H54O7/c1-2-3-4-5-6-7-8-9-10-11-12-13-14-15-16-17-18-19-20-25(32)34-27(24(31)22-29)26(33)23(30)21-28/h23-24,26-31,33H,2-22H2,1H3/t23-,24-,26-,27-/m1/s1. The minimum Gasteiger partial charge on any atom is -0.457 e. The first kappa shape index (κ1) is 33.3. The van der Waals surface area contributed by atoms with Crippen LogP contribution in [0.4, 0.5) is 0 Å². The van der Waals surface area contributed by atoms with Crippen molar-refractivity contribution in [1.82, 2.24) is 0 Å². The van der Waals surface area contributed by atoms with Crippen LogP contribution in [0.25, 0.3) is 0 Å². The summed E-state index contributed by atoms with van der Waals surface area (Å²) in [4.78, 5) is 12.0. The maximum absolute atomic E-state index is 12.0. The van der Waals surface area contributed by atoms with Crippen LogP contribution < -0.4 is 0 Å². The van der Waals surface area contributed by atoms with Crippen molar-refractivity contribution >= 4 is 5.97 Å². The summed E-state index contributed by atoms with van der Waals surface area (Å²) in [5.74, 6) is -0.599. The normalized spacial score (nSPS) is 15.1. The molecule has 0 heterocycles. The Morgan fingerprint density at radius 3 is 1.29 bits per heavy atom. The second-order valence-electron chi connectivity index (χ2n) is 9.71. The first-order valence-corrected chi connectivity index (χ1v) is 13.9. The van der Waals surface area contributed by atoms with Gasteiger partial charge in [-0.25, -0.2) is 0 Å². The van der Waals surface area contributed by atoms with Crippen LogP contribution in [0, 0.1) is 0 Å². The van der Waals surface area contributed by atoms with Gasteiger partial charge in [0, 0.05) is 6.42 Å². The van der Waals surface area contributed by atoms with E-state index in [0.29, 0.717) is 6.42 Å². The van der Waals surface area contributed by atoms with Gasteiger partial charge in [0.25, 0.3) is 0 Å². The average Bonchev–Trinajstić information content (AvgIpc) is 2.85. The van der Waals surface area contributed by atoms with Crippen molar-refractivity contribution in [3.05, 3.63) is 0 Å². The third-order valence-corrected chi connectivity index (χ3v) is 6.49. The Kier molecular flexibility index (Phi) is 23.5. The van der Waals surface area contributed by atoms with E-state index in [1.807, 2.05) is 0 Å². The van der Waals surface area contributed by atoms with E-state index < -0.39 is 43.6 Å². The van der Waals surface area contributed by atoms with Gasteiger partial charge in [0.15, 0.2) is 6.10 Å². The molecule has 0 aliphatic carbocycles. The zero-order chi connectivity index (χ0) is 25.4. The Balaban J connectivity index is 3.57. The van der Waals surface area contributed by atoms with E-state index >= 15 is 0 Å². The molecule has 7 nitrogen and oxygen atoms in total. The van der Waals surface area contributed by atoms with Crippen LogP contribution in [0.1, 0.15) is 129 Å². The minimum atomic E-state index is -1.67. The Bertz CT molecular complexity index is 447. The molecule has 5 N–H and O–H groups in total. The van der Waals surface area contributed by atoms with E-state index in [0.717, 1.165) is 19.3 Å². The largest absolute Gasteiger partial charge is 0.457 e. The smallest absolute Gasteiger partial charge is 0.306 e. The number of hydrogen-bond acceptors (Lipinski definition) is 7. The SMILES string of the molecule is CCCCCCCCCCCCCCCCCCCCC(=O)O[C@@H]([C@H](O)[C@H](O)CO)[C@H](O)CO. The predicted octanol–water partition coefficient (Wildman–Crippen LogP) is 4.40. The lowest BCUT2D eigenvalue weighted by molar-refractivity contribution is -0.177. The summed E-state index contributed by atoms with van der Waals surface area (Å²) in [5, 5.41) is 47.1. The summed E-state index contributed by atoms with van der Waals surface area (Å²) in [7, 11) is 0. The Morgan fingerprint density at radius 2 is 0.941 bits per heavy atom. The highest BCUT2D eigenvalue weighted by atomic mass is 16.6. The minimum absolute atomic E-state index is 0.148. The van der Waals surface area contributed by atoms with Crippen molar-refractivity contribution in [2.24, 2.45) is 0 Å². The summed E-state index contributed by atoms with van der Waals surface area (Å²) in [6, 6.07) is 0. The van der Waals surface area contributed by atoms with Crippen molar-refractivity contribution in [1.29, 1.82) is 0 Å². The van der Waals surface area contributed by atoms with Crippen molar-refractivity contribution in [3.8, 4) is 0 Å². The van der Waals surface area contributed by atoms with E-state index in [1.165, 1.54) is 89.9 Å². The van der Waals surface area contributed by atoms with Gasteiger partial charge in [0.05, 0.1) is 13.2 Å². The average molecular weight is 491 g/mol. The van der Waals surface area contributed by atoms with Crippen LogP contribution in [0.2, 0.25) is 0 Å². The summed E-state index contributed by atoms with van der Waals surface area (Å²) in [6.07, 6.45) is 16.6. The molecule has 7 heteroatoms. The Hall–Kier alpha value is -0.730. The van der Waals surface area contributed by atoms with E-state index in [-0.39, 0.29) is 6.42 Å². The van der Waals surface area contributed by atoms with Gasteiger partial charge in [0.2, 0.25) is 0 Å². The first-order valence-electron chi connectivity index (χ1n) is 13.9. The second kappa shape index (κ2) is 24.0. The van der Waals surface area contributed by atoms with Gasteiger partial charge < -0.3 is 30.3 Å². The molecule has 0 aromatic rings. The Morgan fingerprint density at radius 1 is 0.588 bits per heavy atom. The molecular weight excluding hydrogens is 436 g/mol. The molecule has 0 radical (unpaired) electrons. The van der Waals surface area contributed by atoms with Crippen LogP contribution in [0.5, 0.6) is 0 Å². The zero-order valence-corrected chi connectivity index (χ0v) is 21.7. The third-order valence-electron chi connectivity index (χ3n) is 6.49. The van der Waals surface area contributed by atoms with Crippen molar-refractivity contribution in [3.63, 3.8) is 0 Å². The molecule has 34 heavy (non-hydrogen) atoms. The molecule has 0 aromatic heterocycles. The van der Waals surface area contributed by atoms with Gasteiger partial charge in [-0.3, -0.25) is 4.79 Å². The molecule has 0 aromatic carbocycles. The molecule has 0 amide bonds. The highest BCUT2D eigenvalue weighted by molar-refractivity contribution is 5.69. The monoisotopic (exact) mass is 490 g/mol. The van der Waals surface area contributed by atoms with E-state index in [9.17, 15) is 20.1 Å². The Labute approximate surface area is 207 Å². The highest BCUT2D eigenvalue weighted by Gasteiger charge is 2.34. The molecule has 0 bridgehead atoms. The highest BCUT2D eigenvalue weighted by Crippen LogP contribution is 2.16. The summed E-state index contributed by atoms with van der Waals surface area (Å²) >= 11 is 0. The topological polar surface area (TPSA) is 127 Å². The summed E-state index contributed by atoms with van der Waals surface area (Å²) < 4.78 is 5.05. The number of hydrogen-bond donors (Lipinski definition) is 5. The van der Waals surface area contributed by atoms with Crippen molar-refractivity contribution in [2.75, 3.05) is 13.2 Å². The lowest BCUT2D eigenvalue weighted by atomic mass is 10.0. The van der Waals surface area contributed by atoms with Crippen LogP contribution in [-0.4, -0.2) is 69.1 Å². The first-order chi connectivity index (χ1) is 16.5. The summed E-state index contributed by atoms with van der Waals surface area (Å²) in [5.41, 5.74) is 0. The second-order valence-corrected chi connectivity index (χ2v) is 9.71. The van der Waals surface area contributed by atoms with Gasteiger partial charge in [-0.2, -0.15) is 0 Å². The van der Waals surface area contributed by atoms with Gasteiger partial charge >= 0.3 is 5.97 Å². The third kappa shape index (κ3) is 18.6. The van der Waals surface area contributed by atoms with Crippen LogP contribution in [0.3, 0.4) is 0 Å². The quantitative estimate of drug-likeness (QED) is 0.0948. The molecule has 0 saturated heterocycles. The maximum Gasteiger partial charge on any atom is 0.306 e. The number of aliphatic hydroxyl groups is 5. The number of carbonyl (C=O) groups excluding carboxylic acids is 1. The van der Waals surface area contributed by atoms with Gasteiger partial charge in [-0.1, -0.05) is 116 Å². The number of carbonyl (C=O) groups is 1. The molecule has 0 unspecified atom stereocenters. The zero-order valence-electron chi connectivity index (χ0n) is 21.7. The molecule has 204 valence electrons. The lowest BCUT2D eigenvalue weighted by Crippen LogP contribution is -2.49. The molecule has 0 aliphatic heterocycles. The number of ether oxygens (including phenoxy) is 1. The number of rotatable bonds is 25. The van der Waals surface area contributed by atoms with Crippen molar-refractivity contribution in [2.45, 2.75) is 153 Å². The van der Waals surface area contributed by atoms with Crippen LogP contribution >= 0.6 is 0 Å². The molecule has 0 fully saturated rings. The van der Waals surface area contributed by atoms with Gasteiger partial charge in [-0.15, -0.1) is 0 Å². The predicted molar refractivity (Wildman–Crippen MR) is 135 cm³/mol. The van der Waals surface area contributed by atoms with E-state index in [4.69, 9.17) is 14.9 Å². The molecule has 0 saturated carbocycles. The fraction of sp³-hybridized carbons (Fsp3) is 0.963. The number of aliphatic hydroxyl groups excluding tert-OH is 5. The molecule has 0 rings (SSSR count). The van der Waals surface area contributed by atoms with Crippen molar-refractivity contribution < 1.29 is 35.1 Å². The molecular formula is C27H54O7. The fourth-order valence-electron chi connectivity index (χ4n) is 4.19. The summed E-state index contributed by atoms with van der Waals surface area (Å²) in [6.45, 7) is 0.788. The van der Waals surface area contributed by atoms with Crippen LogP contribution in [0.15, 0.2) is 0 Å². The molecule has 0 aliphatic rings.